The highest BCUT2D eigenvalue weighted by Crippen LogP contribution is 2.25. The molecule has 0 atom stereocenters. The van der Waals surface area contributed by atoms with Gasteiger partial charge in [-0.05, 0) is 56.2 Å². The normalized spacial score (nSPS) is 14.0. The summed E-state index contributed by atoms with van der Waals surface area (Å²) in [7, 11) is 0. The molecule has 5 aromatic rings. The fourth-order valence-electron chi connectivity index (χ4n) is 4.85. The van der Waals surface area contributed by atoms with E-state index >= 15 is 0 Å². The van der Waals surface area contributed by atoms with Crippen LogP contribution < -0.4 is 15.5 Å². The van der Waals surface area contributed by atoms with Crippen molar-refractivity contribution in [3.63, 3.8) is 0 Å². The van der Waals surface area contributed by atoms with Crippen molar-refractivity contribution in [2.45, 2.75) is 27.3 Å². The van der Waals surface area contributed by atoms with E-state index in [1.165, 1.54) is 25.9 Å². The third-order valence-electron chi connectivity index (χ3n) is 7.17. The quantitative estimate of drug-likeness (QED) is 0.366. The largest absolute Gasteiger partial charge is 0.441 e. The molecule has 188 valence electrons. The Balaban J connectivity index is 1.20. The van der Waals surface area contributed by atoms with E-state index in [0.29, 0.717) is 23.1 Å². The molecule has 0 N–H and O–H groups in total. The van der Waals surface area contributed by atoms with Gasteiger partial charge in [-0.3, -0.25) is 0 Å². The van der Waals surface area contributed by atoms with Crippen LogP contribution in [0.1, 0.15) is 22.6 Å². The molecule has 3 aromatic heterocycles. The van der Waals surface area contributed by atoms with E-state index in [-0.39, 0.29) is 12.2 Å². The van der Waals surface area contributed by atoms with Crippen LogP contribution in [0.4, 0.5) is 11.5 Å². The molecule has 37 heavy (non-hydrogen) atoms. The fourth-order valence-corrected chi connectivity index (χ4v) is 4.85. The second-order valence-corrected chi connectivity index (χ2v) is 9.48. The molecule has 0 saturated carbocycles. The summed E-state index contributed by atoms with van der Waals surface area (Å²) < 4.78 is 8.72. The molecule has 1 aliphatic heterocycles. The Morgan fingerprint density at radius 2 is 1.62 bits per heavy atom. The Morgan fingerprint density at radius 3 is 2.41 bits per heavy atom. The number of aromatic nitrogens is 5. The molecule has 0 aliphatic carbocycles. The monoisotopic (exact) mass is 495 g/mol. The molecule has 2 aromatic carbocycles. The second-order valence-electron chi connectivity index (χ2n) is 9.48. The van der Waals surface area contributed by atoms with Gasteiger partial charge in [0.15, 0.2) is 0 Å². The van der Waals surface area contributed by atoms with Crippen molar-refractivity contribution in [3.05, 3.63) is 93.9 Å². The lowest BCUT2D eigenvalue weighted by molar-refractivity contribution is 0.535. The molecule has 1 fully saturated rings. The maximum atomic E-state index is 13.0. The highest BCUT2D eigenvalue weighted by atomic mass is 16.4. The molecular formula is C28H29N7O2. The summed E-state index contributed by atoms with van der Waals surface area (Å²) in [5.74, 6) is 2.40. The van der Waals surface area contributed by atoms with Gasteiger partial charge in [0.1, 0.15) is 17.3 Å². The number of benzene rings is 2. The minimum Gasteiger partial charge on any atom is -0.441 e. The summed E-state index contributed by atoms with van der Waals surface area (Å²) in [6.45, 7) is 9.92. The highest BCUT2D eigenvalue weighted by Gasteiger charge is 2.21. The van der Waals surface area contributed by atoms with Crippen LogP contribution >= 0.6 is 0 Å². The standard InChI is InChI=1S/C28H29N7O2/c1-19-8-7-11-24(20(19)2)32-14-16-33(17-15-32)25-12-13-34-27(30-25)31-35(28(34)36)18-23-21(3)37-26(29-23)22-9-5-4-6-10-22/h4-13H,14-18H2,1-3H3. The van der Waals surface area contributed by atoms with Crippen molar-refractivity contribution >= 4 is 17.3 Å². The van der Waals surface area contributed by atoms with Crippen LogP contribution in [0.25, 0.3) is 17.2 Å². The average molecular weight is 496 g/mol. The zero-order valence-electron chi connectivity index (χ0n) is 21.3. The first-order valence-corrected chi connectivity index (χ1v) is 12.5. The molecule has 0 unspecified atom stereocenters. The molecule has 0 amide bonds. The van der Waals surface area contributed by atoms with E-state index in [1.54, 1.807) is 6.20 Å². The third-order valence-corrected chi connectivity index (χ3v) is 7.17. The molecule has 0 spiro atoms. The van der Waals surface area contributed by atoms with Gasteiger partial charge in [-0.15, -0.1) is 5.10 Å². The number of nitrogens with zero attached hydrogens (tertiary/aromatic N) is 7. The van der Waals surface area contributed by atoms with Gasteiger partial charge < -0.3 is 14.2 Å². The first-order valence-electron chi connectivity index (χ1n) is 12.5. The van der Waals surface area contributed by atoms with Gasteiger partial charge in [-0.1, -0.05) is 30.3 Å². The molecule has 4 heterocycles. The highest BCUT2D eigenvalue weighted by molar-refractivity contribution is 5.57. The van der Waals surface area contributed by atoms with Crippen LogP contribution in [0.15, 0.2) is 70.0 Å². The molecule has 0 radical (unpaired) electrons. The Hall–Kier alpha value is -4.40. The van der Waals surface area contributed by atoms with Crippen LogP contribution in [0.2, 0.25) is 0 Å². The minimum absolute atomic E-state index is 0.216. The Kier molecular flexibility index (Phi) is 5.75. The summed E-state index contributed by atoms with van der Waals surface area (Å²) >= 11 is 0. The second kappa shape index (κ2) is 9.24. The summed E-state index contributed by atoms with van der Waals surface area (Å²) in [6, 6.07) is 18.1. The maximum absolute atomic E-state index is 13.0. The van der Waals surface area contributed by atoms with Crippen molar-refractivity contribution < 1.29 is 4.42 Å². The van der Waals surface area contributed by atoms with Crippen LogP contribution in [-0.4, -0.2) is 50.3 Å². The Morgan fingerprint density at radius 1 is 0.865 bits per heavy atom. The summed E-state index contributed by atoms with van der Waals surface area (Å²) in [5.41, 5.74) is 5.25. The van der Waals surface area contributed by atoms with Crippen LogP contribution in [-0.2, 0) is 6.54 Å². The number of rotatable bonds is 5. The van der Waals surface area contributed by atoms with Crippen LogP contribution in [0, 0.1) is 20.8 Å². The summed E-state index contributed by atoms with van der Waals surface area (Å²) in [4.78, 5) is 27.0. The van der Waals surface area contributed by atoms with E-state index in [9.17, 15) is 4.79 Å². The lowest BCUT2D eigenvalue weighted by Gasteiger charge is -2.37. The van der Waals surface area contributed by atoms with Crippen molar-refractivity contribution in [1.82, 2.24) is 24.1 Å². The Labute approximate surface area is 214 Å². The van der Waals surface area contributed by atoms with Crippen molar-refractivity contribution in [2.75, 3.05) is 36.0 Å². The maximum Gasteiger partial charge on any atom is 0.351 e. The van der Waals surface area contributed by atoms with Crippen LogP contribution in [0.3, 0.4) is 0 Å². The first-order chi connectivity index (χ1) is 18.0. The topological polar surface area (TPSA) is 84.7 Å². The number of hydrogen-bond donors (Lipinski definition) is 0. The Bertz CT molecular complexity index is 1630. The van der Waals surface area contributed by atoms with Gasteiger partial charge in [0, 0.05) is 43.6 Å². The number of oxazole rings is 1. The smallest absolute Gasteiger partial charge is 0.351 e. The predicted octanol–water partition coefficient (Wildman–Crippen LogP) is 3.85. The van der Waals surface area contributed by atoms with Gasteiger partial charge >= 0.3 is 5.69 Å². The van der Waals surface area contributed by atoms with Gasteiger partial charge in [0.25, 0.3) is 5.78 Å². The number of anilines is 2. The number of fused-ring (bicyclic) bond motifs is 1. The van der Waals surface area contributed by atoms with Crippen molar-refractivity contribution in [3.8, 4) is 11.5 Å². The molecule has 0 bridgehead atoms. The van der Waals surface area contributed by atoms with Crippen molar-refractivity contribution in [2.24, 2.45) is 0 Å². The summed E-state index contributed by atoms with van der Waals surface area (Å²) in [5, 5.41) is 4.51. The minimum atomic E-state index is -0.252. The summed E-state index contributed by atoms with van der Waals surface area (Å²) in [6.07, 6.45) is 1.76. The zero-order valence-corrected chi connectivity index (χ0v) is 21.3. The number of aryl methyl sites for hydroxylation is 2. The van der Waals surface area contributed by atoms with E-state index in [1.807, 2.05) is 43.3 Å². The molecule has 1 saturated heterocycles. The van der Waals surface area contributed by atoms with E-state index in [2.05, 4.69) is 51.9 Å². The van der Waals surface area contributed by atoms with E-state index in [4.69, 9.17) is 9.40 Å². The van der Waals surface area contributed by atoms with Gasteiger partial charge in [0.2, 0.25) is 5.89 Å². The van der Waals surface area contributed by atoms with Gasteiger partial charge in [0.05, 0.1) is 6.54 Å². The van der Waals surface area contributed by atoms with E-state index in [0.717, 1.165) is 37.6 Å². The number of piperazine rings is 1. The van der Waals surface area contributed by atoms with Crippen LogP contribution in [0.5, 0.6) is 0 Å². The third kappa shape index (κ3) is 4.26. The molecule has 6 rings (SSSR count). The zero-order chi connectivity index (χ0) is 25.5. The SMILES string of the molecule is Cc1cccc(N2CCN(c3ccn4c(=O)n(Cc5nc(-c6ccccc6)oc5C)nc4n3)CC2)c1C. The molecule has 9 nitrogen and oxygen atoms in total. The van der Waals surface area contributed by atoms with Gasteiger partial charge in [-0.2, -0.15) is 4.98 Å². The van der Waals surface area contributed by atoms with Crippen molar-refractivity contribution in [1.29, 1.82) is 0 Å². The fraction of sp³-hybridized carbons (Fsp3) is 0.286. The molecule has 9 heteroatoms. The van der Waals surface area contributed by atoms with E-state index < -0.39 is 0 Å². The van der Waals surface area contributed by atoms with Gasteiger partial charge in [-0.25, -0.2) is 18.9 Å². The average Bonchev–Trinajstić information content (AvgIpc) is 3.45. The lowest BCUT2D eigenvalue weighted by atomic mass is 10.1. The molecular weight excluding hydrogens is 466 g/mol. The number of hydrogen-bond acceptors (Lipinski definition) is 7. The lowest BCUT2D eigenvalue weighted by Crippen LogP contribution is -2.47. The predicted molar refractivity (Wildman–Crippen MR) is 143 cm³/mol. The molecule has 1 aliphatic rings. The first kappa shape index (κ1) is 23.0.